The number of halogens is 1. The van der Waals surface area contributed by atoms with Crippen molar-refractivity contribution in [2.24, 2.45) is 0 Å². The Bertz CT molecular complexity index is 1150. The number of hydrogen-bond donors (Lipinski definition) is 2. The maximum absolute atomic E-state index is 13.1. The van der Waals surface area contributed by atoms with Crippen molar-refractivity contribution in [1.82, 2.24) is 25.5 Å². The number of likely N-dealkylation sites (N-methyl/N-ethyl adjacent to an activating group) is 1. The van der Waals surface area contributed by atoms with Gasteiger partial charge in [0.1, 0.15) is 12.4 Å². The summed E-state index contributed by atoms with van der Waals surface area (Å²) in [5.41, 5.74) is 8.27. The molecule has 0 saturated carbocycles. The van der Waals surface area contributed by atoms with Crippen molar-refractivity contribution in [3.63, 3.8) is 0 Å². The Morgan fingerprint density at radius 3 is 2.73 bits per heavy atom. The minimum Gasteiger partial charge on any atom is -0.344 e. The molecule has 33 heavy (non-hydrogen) atoms. The van der Waals surface area contributed by atoms with Crippen molar-refractivity contribution >= 4 is 16.8 Å². The highest BCUT2D eigenvalue weighted by Crippen LogP contribution is 2.24. The molecule has 2 heterocycles. The predicted molar refractivity (Wildman–Crippen MR) is 126 cm³/mol. The summed E-state index contributed by atoms with van der Waals surface area (Å²) in [7, 11) is 1.81. The van der Waals surface area contributed by atoms with E-state index in [-0.39, 0.29) is 29.7 Å². The molecular weight excluding hydrogens is 421 g/mol. The topological polar surface area (TPSA) is 79.3 Å². The molecule has 4 rings (SSSR count). The molecule has 7 nitrogen and oxygen atoms in total. The molecule has 2 unspecified atom stereocenters. The van der Waals surface area contributed by atoms with Crippen LogP contribution < -0.4 is 16.3 Å². The second kappa shape index (κ2) is 10.7. The summed E-state index contributed by atoms with van der Waals surface area (Å²) < 4.78 is 14.7. The summed E-state index contributed by atoms with van der Waals surface area (Å²) in [5, 5.41) is 4.71. The van der Waals surface area contributed by atoms with Crippen LogP contribution in [0.4, 0.5) is 4.39 Å². The highest BCUT2D eigenvalue weighted by molar-refractivity contribution is 5.81. The number of nitrogens with one attached hydrogen (secondary N) is 2. The van der Waals surface area contributed by atoms with E-state index in [2.05, 4.69) is 16.0 Å². The number of nitrogens with zero attached hydrogens (tertiary/aromatic N) is 3. The van der Waals surface area contributed by atoms with Gasteiger partial charge in [-0.2, -0.15) is 5.10 Å². The molecule has 1 saturated heterocycles. The molecule has 0 aliphatic carbocycles. The molecule has 0 spiro atoms. The lowest BCUT2D eigenvalue weighted by Crippen LogP contribution is -2.32. The maximum Gasteiger partial charge on any atom is 0.244 e. The number of rotatable bonds is 9. The Hall–Kier alpha value is -3.10. The van der Waals surface area contributed by atoms with Crippen LogP contribution >= 0.6 is 0 Å². The molecule has 2 aromatic carbocycles. The van der Waals surface area contributed by atoms with Crippen LogP contribution in [0.1, 0.15) is 43.7 Å². The molecule has 1 aliphatic heterocycles. The standard InChI is InChI=1S/C25H30FN5O2/c1-30(25(33)17-31-23-9-5-4-8-21(23)24(32)16-27-31)14-6-2-3-7-20-15-22(29-28-20)18-10-12-19(26)13-11-18/h4-5,8-13,16,20,22,28-29H,2-3,6-7,14-15,17H2,1H3. The Morgan fingerprint density at radius 1 is 1.12 bits per heavy atom. The Labute approximate surface area is 192 Å². The van der Waals surface area contributed by atoms with Gasteiger partial charge in [0.2, 0.25) is 11.3 Å². The summed E-state index contributed by atoms with van der Waals surface area (Å²) in [6.07, 6.45) is 6.34. The molecule has 2 N–H and O–H groups in total. The van der Waals surface area contributed by atoms with Gasteiger partial charge in [-0.15, -0.1) is 0 Å². The molecule has 0 radical (unpaired) electrons. The molecule has 1 amide bonds. The fourth-order valence-electron chi connectivity index (χ4n) is 4.30. The van der Waals surface area contributed by atoms with Gasteiger partial charge in [0, 0.05) is 31.1 Å². The molecule has 2 atom stereocenters. The van der Waals surface area contributed by atoms with Crippen LogP contribution in [-0.4, -0.2) is 40.2 Å². The third-order valence-corrected chi connectivity index (χ3v) is 6.27. The van der Waals surface area contributed by atoms with E-state index in [1.807, 2.05) is 37.4 Å². The quantitative estimate of drug-likeness (QED) is 0.489. The third kappa shape index (κ3) is 5.83. The average Bonchev–Trinajstić information content (AvgIpc) is 3.30. The van der Waals surface area contributed by atoms with Gasteiger partial charge in [0.05, 0.1) is 11.7 Å². The Kier molecular flexibility index (Phi) is 7.47. The number of unbranched alkanes of at least 4 members (excludes halogenated alkanes) is 2. The van der Waals surface area contributed by atoms with Gasteiger partial charge in [-0.3, -0.25) is 25.1 Å². The first-order valence-electron chi connectivity index (χ1n) is 11.5. The van der Waals surface area contributed by atoms with Crippen molar-refractivity contribution in [3.05, 3.63) is 76.3 Å². The lowest BCUT2D eigenvalue weighted by atomic mass is 9.99. The number of hydrogen-bond acceptors (Lipinski definition) is 5. The fraction of sp³-hybridized carbons (Fsp3) is 0.400. The lowest BCUT2D eigenvalue weighted by Gasteiger charge is -2.18. The molecule has 1 aromatic heterocycles. The fourth-order valence-corrected chi connectivity index (χ4v) is 4.30. The van der Waals surface area contributed by atoms with Crippen molar-refractivity contribution in [3.8, 4) is 0 Å². The smallest absolute Gasteiger partial charge is 0.244 e. The largest absolute Gasteiger partial charge is 0.344 e. The highest BCUT2D eigenvalue weighted by Gasteiger charge is 2.24. The minimum absolute atomic E-state index is 0.0277. The zero-order valence-corrected chi connectivity index (χ0v) is 18.8. The van der Waals surface area contributed by atoms with Crippen molar-refractivity contribution in [2.75, 3.05) is 13.6 Å². The molecular formula is C25H30FN5O2. The zero-order valence-electron chi connectivity index (χ0n) is 18.8. The van der Waals surface area contributed by atoms with E-state index in [0.717, 1.165) is 37.7 Å². The van der Waals surface area contributed by atoms with Gasteiger partial charge in [0.15, 0.2) is 0 Å². The van der Waals surface area contributed by atoms with E-state index in [4.69, 9.17) is 0 Å². The van der Waals surface area contributed by atoms with Gasteiger partial charge in [0.25, 0.3) is 0 Å². The van der Waals surface area contributed by atoms with Crippen LogP contribution in [0, 0.1) is 5.82 Å². The van der Waals surface area contributed by atoms with E-state index in [0.29, 0.717) is 23.5 Å². The first-order chi connectivity index (χ1) is 16.0. The summed E-state index contributed by atoms with van der Waals surface area (Å²) in [6, 6.07) is 14.5. The molecule has 0 bridgehead atoms. The van der Waals surface area contributed by atoms with Crippen molar-refractivity contribution < 1.29 is 9.18 Å². The van der Waals surface area contributed by atoms with Crippen LogP contribution in [-0.2, 0) is 11.3 Å². The van der Waals surface area contributed by atoms with E-state index in [9.17, 15) is 14.0 Å². The number of aromatic nitrogens is 2. The SMILES string of the molecule is CN(CCCCCC1CC(c2ccc(F)cc2)NN1)C(=O)Cn1ncc(=O)c2ccccc21. The molecule has 1 aliphatic rings. The second-order valence-corrected chi connectivity index (χ2v) is 8.67. The van der Waals surface area contributed by atoms with E-state index in [1.165, 1.54) is 18.3 Å². The van der Waals surface area contributed by atoms with Gasteiger partial charge in [-0.25, -0.2) is 4.39 Å². The summed E-state index contributed by atoms with van der Waals surface area (Å²) in [4.78, 5) is 26.3. The summed E-state index contributed by atoms with van der Waals surface area (Å²) in [6.45, 7) is 0.797. The van der Waals surface area contributed by atoms with Gasteiger partial charge >= 0.3 is 0 Å². The summed E-state index contributed by atoms with van der Waals surface area (Å²) >= 11 is 0. The molecule has 3 aromatic rings. The van der Waals surface area contributed by atoms with Crippen molar-refractivity contribution in [2.45, 2.75) is 50.7 Å². The van der Waals surface area contributed by atoms with Crippen molar-refractivity contribution in [1.29, 1.82) is 0 Å². The molecule has 8 heteroatoms. The zero-order chi connectivity index (χ0) is 23.2. The number of amides is 1. The second-order valence-electron chi connectivity index (χ2n) is 8.67. The van der Waals surface area contributed by atoms with E-state index < -0.39 is 0 Å². The third-order valence-electron chi connectivity index (χ3n) is 6.27. The number of carbonyl (C=O) groups is 1. The van der Waals surface area contributed by atoms with Crippen LogP contribution in [0.2, 0.25) is 0 Å². The first-order valence-corrected chi connectivity index (χ1v) is 11.5. The molecule has 174 valence electrons. The number of fused-ring (bicyclic) bond motifs is 1. The van der Waals surface area contributed by atoms with Gasteiger partial charge < -0.3 is 4.90 Å². The monoisotopic (exact) mass is 451 g/mol. The summed E-state index contributed by atoms with van der Waals surface area (Å²) in [5.74, 6) is -0.242. The Balaban J connectivity index is 1.17. The Morgan fingerprint density at radius 2 is 1.91 bits per heavy atom. The van der Waals surface area contributed by atoms with Crippen LogP contribution in [0.25, 0.3) is 10.9 Å². The lowest BCUT2D eigenvalue weighted by molar-refractivity contribution is -0.130. The minimum atomic E-state index is -0.215. The number of hydrazine groups is 1. The predicted octanol–water partition coefficient (Wildman–Crippen LogP) is 3.16. The number of para-hydroxylation sites is 1. The number of benzene rings is 2. The first kappa shape index (κ1) is 23.1. The van der Waals surface area contributed by atoms with E-state index in [1.54, 1.807) is 15.6 Å². The van der Waals surface area contributed by atoms with E-state index >= 15 is 0 Å². The van der Waals surface area contributed by atoms with Crippen LogP contribution in [0.5, 0.6) is 0 Å². The van der Waals surface area contributed by atoms with Crippen LogP contribution in [0.3, 0.4) is 0 Å². The van der Waals surface area contributed by atoms with Gasteiger partial charge in [-0.1, -0.05) is 37.1 Å². The molecule has 1 fully saturated rings. The van der Waals surface area contributed by atoms with Crippen LogP contribution in [0.15, 0.2) is 59.5 Å². The number of carbonyl (C=O) groups excluding carboxylic acids is 1. The normalized spacial score (nSPS) is 18.0. The highest BCUT2D eigenvalue weighted by atomic mass is 19.1. The van der Waals surface area contributed by atoms with Gasteiger partial charge in [-0.05, 0) is 49.1 Å². The average molecular weight is 452 g/mol. The maximum atomic E-state index is 13.1.